The van der Waals surface area contributed by atoms with Gasteiger partial charge in [-0.05, 0) is 81.3 Å². The number of hydrogen-bond donors (Lipinski definition) is 2. The van der Waals surface area contributed by atoms with Crippen molar-refractivity contribution in [3.63, 3.8) is 0 Å². The van der Waals surface area contributed by atoms with Crippen LogP contribution in [-0.2, 0) is 11.0 Å². The second kappa shape index (κ2) is 10.9. The molecule has 3 aromatic heterocycles. The quantitative estimate of drug-likeness (QED) is 0.228. The Labute approximate surface area is 239 Å². The van der Waals surface area contributed by atoms with Crippen LogP contribution in [0.2, 0.25) is 0 Å². The summed E-state index contributed by atoms with van der Waals surface area (Å²) in [7, 11) is 0. The molecule has 216 valence electrons. The van der Waals surface area contributed by atoms with Crippen LogP contribution >= 0.6 is 11.3 Å². The number of rotatable bonds is 7. The van der Waals surface area contributed by atoms with Crippen molar-refractivity contribution in [2.45, 2.75) is 65.1 Å². The van der Waals surface area contributed by atoms with Crippen molar-refractivity contribution in [2.24, 2.45) is 11.3 Å². The van der Waals surface area contributed by atoms with Gasteiger partial charge in [0.05, 0.1) is 21.5 Å². The summed E-state index contributed by atoms with van der Waals surface area (Å²) in [5, 5.41) is 18.1. The third-order valence-electron chi connectivity index (χ3n) is 7.98. The summed E-state index contributed by atoms with van der Waals surface area (Å²) in [6, 6.07) is 6.65. The fourth-order valence-electron chi connectivity index (χ4n) is 5.16. The Morgan fingerprint density at radius 3 is 2.59 bits per heavy atom. The minimum atomic E-state index is -4.59. The van der Waals surface area contributed by atoms with E-state index in [1.54, 1.807) is 23.7 Å². The lowest BCUT2D eigenvalue weighted by atomic mass is 9.65. The number of carboxylic acid groups (broad SMARTS) is 1. The lowest BCUT2D eigenvalue weighted by Gasteiger charge is -2.39. The van der Waals surface area contributed by atoms with Gasteiger partial charge in [-0.15, -0.1) is 11.3 Å². The molecule has 0 spiro atoms. The number of anilines is 2. The maximum atomic E-state index is 13.2. The van der Waals surface area contributed by atoms with Crippen LogP contribution in [0.15, 0.2) is 49.1 Å². The first kappa shape index (κ1) is 28.7. The van der Waals surface area contributed by atoms with Crippen LogP contribution in [0.5, 0.6) is 0 Å². The topological polar surface area (TPSA) is 106 Å². The highest BCUT2D eigenvalue weighted by Gasteiger charge is 2.44. The van der Waals surface area contributed by atoms with Crippen LogP contribution in [0.1, 0.15) is 69.6 Å². The average molecular weight is 585 g/mol. The van der Waals surface area contributed by atoms with Crippen molar-refractivity contribution in [2.75, 3.05) is 5.32 Å². The zero-order chi connectivity index (χ0) is 29.5. The van der Waals surface area contributed by atoms with Crippen molar-refractivity contribution in [3.05, 3.63) is 59.8 Å². The predicted octanol–water partition coefficient (Wildman–Crippen LogP) is 7.80. The van der Waals surface area contributed by atoms with Gasteiger partial charge in [0.25, 0.3) is 0 Å². The number of benzene rings is 1. The van der Waals surface area contributed by atoms with Crippen LogP contribution in [0, 0.1) is 11.3 Å². The highest BCUT2D eigenvalue weighted by Crippen LogP contribution is 2.48. The van der Waals surface area contributed by atoms with Gasteiger partial charge < -0.3 is 10.4 Å². The molecule has 0 saturated heterocycles. The van der Waals surface area contributed by atoms with Gasteiger partial charge in [0.15, 0.2) is 0 Å². The van der Waals surface area contributed by atoms with Crippen LogP contribution in [0.3, 0.4) is 0 Å². The first-order chi connectivity index (χ1) is 19.3. The lowest BCUT2D eigenvalue weighted by Crippen LogP contribution is -2.38. The van der Waals surface area contributed by atoms with E-state index in [-0.39, 0.29) is 23.8 Å². The molecule has 1 aromatic carbocycles. The molecule has 3 heterocycles. The minimum absolute atomic E-state index is 0.00943. The molecule has 3 atom stereocenters. The Bertz CT molecular complexity index is 1570. The Hall–Kier alpha value is -3.80. The third-order valence-corrected chi connectivity index (χ3v) is 9.19. The van der Waals surface area contributed by atoms with E-state index in [4.69, 9.17) is 4.98 Å². The number of alkyl halides is 3. The molecule has 0 radical (unpaired) electrons. The number of aromatic nitrogens is 5. The summed E-state index contributed by atoms with van der Waals surface area (Å²) in [6.07, 6.45) is 4.04. The number of carbonyl (C=O) groups is 1. The Morgan fingerprint density at radius 2 is 1.93 bits per heavy atom. The number of nitrogens with one attached hydrogen (secondary N) is 1. The number of thiazole rings is 1. The van der Waals surface area contributed by atoms with E-state index in [0.717, 1.165) is 51.7 Å². The van der Waals surface area contributed by atoms with E-state index in [2.05, 4.69) is 20.4 Å². The van der Waals surface area contributed by atoms with E-state index in [0.29, 0.717) is 12.1 Å². The summed E-state index contributed by atoms with van der Waals surface area (Å²) >= 11 is 1.55. The molecule has 4 aromatic rings. The van der Waals surface area contributed by atoms with E-state index in [9.17, 15) is 23.1 Å². The summed E-state index contributed by atoms with van der Waals surface area (Å²) in [4.78, 5) is 25.1. The van der Waals surface area contributed by atoms with Gasteiger partial charge in [0.1, 0.15) is 5.69 Å². The second-order valence-corrected chi connectivity index (χ2v) is 12.2. The molecule has 12 heteroatoms. The maximum absolute atomic E-state index is 13.2. The van der Waals surface area contributed by atoms with Crippen molar-refractivity contribution < 1.29 is 23.1 Å². The predicted molar refractivity (Wildman–Crippen MR) is 151 cm³/mol. The zero-order valence-corrected chi connectivity index (χ0v) is 23.9. The zero-order valence-electron chi connectivity index (χ0n) is 23.1. The molecule has 1 saturated carbocycles. The number of nitrogens with zero attached hydrogens (tertiary/aromatic N) is 5. The first-order valence-electron chi connectivity index (χ1n) is 13.4. The molecule has 3 unspecified atom stereocenters. The molecule has 1 aliphatic rings. The molecule has 0 aliphatic heterocycles. The summed E-state index contributed by atoms with van der Waals surface area (Å²) in [5.74, 6) is -0.746. The first-order valence-corrected chi connectivity index (χ1v) is 14.2. The molecule has 5 rings (SSSR count). The fraction of sp³-hybridized carbons (Fsp3) is 0.414. The van der Waals surface area contributed by atoms with Gasteiger partial charge in [-0.25, -0.2) is 15.0 Å². The number of aliphatic carboxylic acids is 1. The van der Waals surface area contributed by atoms with E-state index >= 15 is 0 Å². The van der Waals surface area contributed by atoms with Gasteiger partial charge >= 0.3 is 12.1 Å². The van der Waals surface area contributed by atoms with Crippen molar-refractivity contribution >= 4 is 28.9 Å². The van der Waals surface area contributed by atoms with E-state index < -0.39 is 23.3 Å². The fourth-order valence-corrected chi connectivity index (χ4v) is 6.21. The lowest BCUT2D eigenvalue weighted by molar-refractivity contribution is -0.153. The molecule has 1 fully saturated rings. The third kappa shape index (κ3) is 5.97. The van der Waals surface area contributed by atoms with E-state index in [1.165, 1.54) is 0 Å². The van der Waals surface area contributed by atoms with Gasteiger partial charge in [-0.1, -0.05) is 6.92 Å². The Morgan fingerprint density at radius 1 is 1.17 bits per heavy atom. The minimum Gasteiger partial charge on any atom is -0.481 e. The highest BCUT2D eigenvalue weighted by atomic mass is 32.1. The Kier molecular flexibility index (Phi) is 7.62. The van der Waals surface area contributed by atoms with Crippen LogP contribution in [0.25, 0.3) is 21.6 Å². The monoisotopic (exact) mass is 584 g/mol. The van der Waals surface area contributed by atoms with Crippen LogP contribution < -0.4 is 5.32 Å². The van der Waals surface area contributed by atoms with Gasteiger partial charge in [-0.3, -0.25) is 9.48 Å². The molecule has 8 nitrogen and oxygen atoms in total. The Balaban J connectivity index is 1.48. The van der Waals surface area contributed by atoms with Crippen molar-refractivity contribution in [1.29, 1.82) is 0 Å². The maximum Gasteiger partial charge on any atom is 0.433 e. The van der Waals surface area contributed by atoms with Crippen LogP contribution in [0.4, 0.5) is 24.8 Å². The number of carboxylic acids is 1. The van der Waals surface area contributed by atoms with Crippen molar-refractivity contribution in [1.82, 2.24) is 24.7 Å². The second-order valence-electron chi connectivity index (χ2n) is 11.1. The summed E-state index contributed by atoms with van der Waals surface area (Å²) in [5.41, 5.74) is 1.26. The van der Waals surface area contributed by atoms with Crippen molar-refractivity contribution in [3.8, 4) is 21.6 Å². The average Bonchev–Trinajstić information content (AvgIpc) is 3.61. The van der Waals surface area contributed by atoms with Gasteiger partial charge in [0.2, 0.25) is 5.95 Å². The molecule has 41 heavy (non-hydrogen) atoms. The van der Waals surface area contributed by atoms with E-state index in [1.807, 2.05) is 56.8 Å². The molecule has 1 aliphatic carbocycles. The normalized spacial score (nSPS) is 21.3. The van der Waals surface area contributed by atoms with Gasteiger partial charge in [-0.2, -0.15) is 18.3 Å². The number of halogens is 3. The molecular formula is C29H31F3N6O2S. The van der Waals surface area contributed by atoms with Gasteiger partial charge in [0, 0.05) is 41.8 Å². The number of hydrogen-bond acceptors (Lipinski definition) is 7. The molecule has 0 bridgehead atoms. The smallest absolute Gasteiger partial charge is 0.433 e. The largest absolute Gasteiger partial charge is 0.481 e. The molecular weight excluding hydrogens is 553 g/mol. The standard InChI is InChI=1S/C29H31F3N6O2S/c1-16(2)38-15-21(13-35-38)19-10-20(12-22(11-19)36-27-33-8-6-24(37-27)29(30,31)32)23-14-34-25(41-23)18-5-7-28(4,26(39)40)17(3)9-18/h6,8,10-18H,5,7,9H2,1-4H3,(H,39,40)(H,33,36,37). The summed E-state index contributed by atoms with van der Waals surface area (Å²) in [6.45, 7) is 7.85. The SMILES string of the molecule is CC(C)n1cc(-c2cc(Nc3nccc(C(F)(F)F)n3)cc(-c3cnc(C4CCC(C)(C(=O)O)C(C)C4)s3)c2)cn1. The highest BCUT2D eigenvalue weighted by molar-refractivity contribution is 7.15. The summed E-state index contributed by atoms with van der Waals surface area (Å²) < 4.78 is 41.6. The molecule has 2 N–H and O–H groups in total. The molecule has 0 amide bonds. The van der Waals surface area contributed by atoms with Crippen LogP contribution in [-0.4, -0.2) is 35.8 Å².